The van der Waals surface area contributed by atoms with Crippen LogP contribution in [0.2, 0.25) is 0 Å². The molecule has 2 amide bonds. The van der Waals surface area contributed by atoms with Crippen molar-refractivity contribution in [1.82, 2.24) is 15.6 Å². The fourth-order valence-corrected chi connectivity index (χ4v) is 3.24. The van der Waals surface area contributed by atoms with Gasteiger partial charge in [0, 0.05) is 4.88 Å². The molecular weight excluding hydrogens is 301 g/mol. The van der Waals surface area contributed by atoms with E-state index < -0.39 is 0 Å². The number of carbonyl (C=O) groups excluding carboxylic acids is 1. The van der Waals surface area contributed by atoms with E-state index >= 15 is 0 Å². The molecule has 0 aliphatic heterocycles. The van der Waals surface area contributed by atoms with Crippen molar-refractivity contribution in [3.05, 3.63) is 51.2 Å². The molecule has 2 aromatic rings. The third kappa shape index (κ3) is 4.04. The molecule has 2 rings (SSSR count). The first kappa shape index (κ1) is 16.4. The normalized spacial score (nSPS) is 13.5. The number of halogens is 1. The Kier molecular flexibility index (Phi) is 5.13. The molecule has 0 unspecified atom stereocenters. The van der Waals surface area contributed by atoms with E-state index in [1.807, 2.05) is 27.7 Å². The van der Waals surface area contributed by atoms with Gasteiger partial charge in [-0.15, -0.1) is 11.3 Å². The van der Waals surface area contributed by atoms with Crippen LogP contribution in [-0.2, 0) is 0 Å². The Labute approximate surface area is 133 Å². The van der Waals surface area contributed by atoms with E-state index in [1.54, 1.807) is 23.5 Å². The summed E-state index contributed by atoms with van der Waals surface area (Å²) in [5.74, 6) is -0.310. The van der Waals surface area contributed by atoms with Crippen molar-refractivity contribution in [2.24, 2.45) is 0 Å². The van der Waals surface area contributed by atoms with Crippen LogP contribution in [0.15, 0.2) is 24.3 Å². The number of nitrogens with zero attached hydrogens (tertiary/aromatic N) is 1. The Hall–Kier alpha value is -1.95. The van der Waals surface area contributed by atoms with E-state index in [9.17, 15) is 9.18 Å². The van der Waals surface area contributed by atoms with Crippen LogP contribution in [0, 0.1) is 19.7 Å². The molecule has 1 aromatic carbocycles. The second-order valence-electron chi connectivity index (χ2n) is 5.30. The number of benzene rings is 1. The van der Waals surface area contributed by atoms with Gasteiger partial charge in [0.1, 0.15) is 5.82 Å². The fourth-order valence-electron chi connectivity index (χ4n) is 2.31. The second-order valence-corrected chi connectivity index (χ2v) is 6.53. The van der Waals surface area contributed by atoms with Gasteiger partial charge in [0.05, 0.1) is 22.8 Å². The molecule has 22 heavy (non-hydrogen) atoms. The predicted octanol–water partition coefficient (Wildman–Crippen LogP) is 4.02. The maximum Gasteiger partial charge on any atom is 0.315 e. The van der Waals surface area contributed by atoms with Gasteiger partial charge in [-0.05, 0) is 45.4 Å². The van der Waals surface area contributed by atoms with Gasteiger partial charge in [-0.1, -0.05) is 12.1 Å². The first-order valence-corrected chi connectivity index (χ1v) is 7.95. The van der Waals surface area contributed by atoms with Crippen LogP contribution >= 0.6 is 11.3 Å². The van der Waals surface area contributed by atoms with Gasteiger partial charge in [-0.3, -0.25) is 0 Å². The van der Waals surface area contributed by atoms with E-state index in [0.29, 0.717) is 0 Å². The number of amides is 2. The molecule has 0 radical (unpaired) electrons. The van der Waals surface area contributed by atoms with Crippen molar-refractivity contribution in [3.63, 3.8) is 0 Å². The highest BCUT2D eigenvalue weighted by molar-refractivity contribution is 7.11. The molecule has 0 aliphatic carbocycles. The molecule has 2 atom stereocenters. The Bertz CT molecular complexity index is 671. The largest absolute Gasteiger partial charge is 0.332 e. The summed E-state index contributed by atoms with van der Waals surface area (Å²) >= 11 is 1.58. The van der Waals surface area contributed by atoms with Crippen molar-refractivity contribution in [3.8, 4) is 0 Å². The van der Waals surface area contributed by atoms with E-state index in [4.69, 9.17) is 0 Å². The number of hydrogen-bond donors (Lipinski definition) is 2. The molecule has 2 N–H and O–H groups in total. The quantitative estimate of drug-likeness (QED) is 0.893. The summed E-state index contributed by atoms with van der Waals surface area (Å²) in [5, 5.41) is 6.69. The summed E-state index contributed by atoms with van der Waals surface area (Å²) in [5.41, 5.74) is 1.67. The minimum Gasteiger partial charge on any atom is -0.332 e. The standard InChI is InChI=1S/C16H20FN3OS/c1-9(13-6-5-7-14(17)8-13)19-16(21)20-11(3)15-10(2)18-12(4)22-15/h5-9,11H,1-4H3,(H2,19,20,21)/t9-,11-/m0/s1. The van der Waals surface area contributed by atoms with Gasteiger partial charge in [-0.2, -0.15) is 0 Å². The van der Waals surface area contributed by atoms with E-state index in [1.165, 1.54) is 12.1 Å². The summed E-state index contributed by atoms with van der Waals surface area (Å²) < 4.78 is 13.2. The van der Waals surface area contributed by atoms with Crippen molar-refractivity contribution < 1.29 is 9.18 Å². The number of nitrogens with one attached hydrogen (secondary N) is 2. The van der Waals surface area contributed by atoms with E-state index in [0.717, 1.165) is 21.1 Å². The average Bonchev–Trinajstić information content (AvgIpc) is 2.77. The molecule has 0 bridgehead atoms. The zero-order chi connectivity index (χ0) is 16.3. The molecule has 1 aromatic heterocycles. The molecule has 6 heteroatoms. The molecule has 4 nitrogen and oxygen atoms in total. The highest BCUT2D eigenvalue weighted by atomic mass is 32.1. The Balaban J connectivity index is 1.96. The Morgan fingerprint density at radius 3 is 2.50 bits per heavy atom. The van der Waals surface area contributed by atoms with Gasteiger partial charge in [0.2, 0.25) is 0 Å². The number of aryl methyl sites for hydroxylation is 2. The van der Waals surface area contributed by atoms with Crippen LogP contribution in [0.5, 0.6) is 0 Å². The maximum atomic E-state index is 13.2. The summed E-state index contributed by atoms with van der Waals surface area (Å²) in [6, 6.07) is 5.55. The van der Waals surface area contributed by atoms with Gasteiger partial charge >= 0.3 is 6.03 Å². The molecule has 0 saturated carbocycles. The lowest BCUT2D eigenvalue weighted by Gasteiger charge is -2.18. The third-order valence-electron chi connectivity index (χ3n) is 3.38. The topological polar surface area (TPSA) is 54.0 Å². The van der Waals surface area contributed by atoms with Crippen LogP contribution in [0.3, 0.4) is 0 Å². The Morgan fingerprint density at radius 1 is 1.23 bits per heavy atom. The minimum atomic E-state index is -0.310. The van der Waals surface area contributed by atoms with Crippen LogP contribution in [-0.4, -0.2) is 11.0 Å². The van der Waals surface area contributed by atoms with Gasteiger partial charge in [0.25, 0.3) is 0 Å². The van der Waals surface area contributed by atoms with Crippen LogP contribution in [0.4, 0.5) is 9.18 Å². The highest BCUT2D eigenvalue weighted by Crippen LogP contribution is 2.24. The van der Waals surface area contributed by atoms with Crippen molar-refractivity contribution >= 4 is 17.4 Å². The number of urea groups is 1. The number of thiazole rings is 1. The number of rotatable bonds is 4. The van der Waals surface area contributed by atoms with Crippen molar-refractivity contribution in [2.75, 3.05) is 0 Å². The van der Waals surface area contributed by atoms with Crippen LogP contribution in [0.25, 0.3) is 0 Å². The zero-order valence-corrected chi connectivity index (χ0v) is 13.9. The first-order chi connectivity index (χ1) is 10.4. The minimum absolute atomic E-state index is 0.120. The second kappa shape index (κ2) is 6.87. The molecule has 0 spiro atoms. The molecule has 0 fully saturated rings. The summed E-state index contributed by atoms with van der Waals surface area (Å²) in [4.78, 5) is 17.5. The number of hydrogen-bond acceptors (Lipinski definition) is 3. The molecule has 0 saturated heterocycles. The zero-order valence-electron chi connectivity index (χ0n) is 13.1. The van der Waals surface area contributed by atoms with Gasteiger partial charge in [-0.25, -0.2) is 14.2 Å². The summed E-state index contributed by atoms with van der Waals surface area (Å²) in [6.07, 6.45) is 0. The third-order valence-corrected chi connectivity index (χ3v) is 4.63. The smallest absolute Gasteiger partial charge is 0.315 e. The van der Waals surface area contributed by atoms with Crippen molar-refractivity contribution in [2.45, 2.75) is 39.8 Å². The molecule has 1 heterocycles. The summed E-state index contributed by atoms with van der Waals surface area (Å²) in [7, 11) is 0. The maximum absolute atomic E-state index is 13.2. The molecular formula is C16H20FN3OS. The van der Waals surface area contributed by atoms with Gasteiger partial charge in [0.15, 0.2) is 0 Å². The first-order valence-electron chi connectivity index (χ1n) is 7.13. The monoisotopic (exact) mass is 321 g/mol. The highest BCUT2D eigenvalue weighted by Gasteiger charge is 2.17. The van der Waals surface area contributed by atoms with Crippen LogP contribution in [0.1, 0.15) is 47.1 Å². The lowest BCUT2D eigenvalue weighted by Crippen LogP contribution is -2.38. The lowest BCUT2D eigenvalue weighted by atomic mass is 10.1. The fraction of sp³-hybridized carbons (Fsp3) is 0.375. The summed E-state index contributed by atoms with van der Waals surface area (Å²) in [6.45, 7) is 7.62. The average molecular weight is 321 g/mol. The number of aromatic nitrogens is 1. The van der Waals surface area contributed by atoms with Crippen LogP contribution < -0.4 is 10.6 Å². The molecule has 118 valence electrons. The predicted molar refractivity (Wildman–Crippen MR) is 86.5 cm³/mol. The SMILES string of the molecule is Cc1nc(C)c([C@H](C)NC(=O)N[C@@H](C)c2cccc(F)c2)s1. The molecule has 0 aliphatic rings. The van der Waals surface area contributed by atoms with E-state index in [-0.39, 0.29) is 23.9 Å². The number of carbonyl (C=O) groups is 1. The van der Waals surface area contributed by atoms with Gasteiger partial charge < -0.3 is 10.6 Å². The lowest BCUT2D eigenvalue weighted by molar-refractivity contribution is 0.235. The van der Waals surface area contributed by atoms with E-state index in [2.05, 4.69) is 15.6 Å². The van der Waals surface area contributed by atoms with Crippen molar-refractivity contribution in [1.29, 1.82) is 0 Å². The Morgan fingerprint density at radius 2 is 1.91 bits per heavy atom.